The van der Waals surface area contributed by atoms with Gasteiger partial charge >= 0.3 is 0 Å². The molecule has 0 radical (unpaired) electrons. The number of thiazole rings is 1. The van der Waals surface area contributed by atoms with Gasteiger partial charge in [-0.2, -0.15) is 0 Å². The lowest BCUT2D eigenvalue weighted by molar-refractivity contribution is 0.0945. The van der Waals surface area contributed by atoms with Crippen LogP contribution < -0.4 is 16.0 Å². The fourth-order valence-electron chi connectivity index (χ4n) is 2.31. The molecular formula is C13H23N5OS. The number of rotatable bonds is 5. The molecule has 0 bridgehead atoms. The molecule has 1 aromatic rings. The van der Waals surface area contributed by atoms with E-state index in [-0.39, 0.29) is 5.91 Å². The summed E-state index contributed by atoms with van der Waals surface area (Å²) in [5.74, 6) is 0.184. The Kier molecular flexibility index (Phi) is 4.82. The summed E-state index contributed by atoms with van der Waals surface area (Å²) >= 11 is 1.32. The van der Waals surface area contributed by atoms with Gasteiger partial charge in [-0.25, -0.2) is 4.98 Å². The molecule has 1 aromatic heterocycles. The summed E-state index contributed by atoms with van der Waals surface area (Å²) in [5.41, 5.74) is 5.81. The molecule has 20 heavy (non-hydrogen) atoms. The van der Waals surface area contributed by atoms with Crippen molar-refractivity contribution >= 4 is 28.2 Å². The van der Waals surface area contributed by atoms with Crippen molar-refractivity contribution in [2.75, 3.05) is 44.4 Å². The number of nitrogens with one attached hydrogen (secondary N) is 1. The largest absolute Gasteiger partial charge is 0.382 e. The normalized spacial score (nSPS) is 17.1. The molecule has 112 valence electrons. The second-order valence-corrected chi connectivity index (χ2v) is 6.38. The zero-order chi connectivity index (χ0) is 14.7. The zero-order valence-corrected chi connectivity index (χ0v) is 13.2. The minimum atomic E-state index is -0.126. The highest BCUT2D eigenvalue weighted by Gasteiger charge is 2.21. The van der Waals surface area contributed by atoms with Crippen molar-refractivity contribution in [3.05, 3.63) is 4.88 Å². The van der Waals surface area contributed by atoms with E-state index >= 15 is 0 Å². The molecule has 2 rings (SSSR count). The number of hydrogen-bond donors (Lipinski definition) is 2. The minimum absolute atomic E-state index is 0.126. The van der Waals surface area contributed by atoms with Crippen LogP contribution >= 0.6 is 11.3 Å². The topological polar surface area (TPSA) is 74.5 Å². The minimum Gasteiger partial charge on any atom is -0.382 e. The van der Waals surface area contributed by atoms with E-state index in [1.54, 1.807) is 0 Å². The van der Waals surface area contributed by atoms with Gasteiger partial charge in [0.2, 0.25) is 0 Å². The van der Waals surface area contributed by atoms with Crippen LogP contribution in [-0.2, 0) is 0 Å². The lowest BCUT2D eigenvalue weighted by Crippen LogP contribution is -2.40. The molecule has 1 atom stereocenters. The Bertz CT molecular complexity index is 467. The lowest BCUT2D eigenvalue weighted by Gasteiger charge is -2.23. The van der Waals surface area contributed by atoms with Crippen molar-refractivity contribution in [3.8, 4) is 0 Å². The van der Waals surface area contributed by atoms with E-state index in [4.69, 9.17) is 5.73 Å². The van der Waals surface area contributed by atoms with Gasteiger partial charge in [0.05, 0.1) is 0 Å². The highest BCUT2D eigenvalue weighted by atomic mass is 32.1. The molecule has 1 aliphatic heterocycles. The van der Waals surface area contributed by atoms with E-state index in [9.17, 15) is 4.79 Å². The summed E-state index contributed by atoms with van der Waals surface area (Å²) in [7, 11) is 3.77. The number of nitrogen functional groups attached to an aromatic ring is 1. The van der Waals surface area contributed by atoms with Gasteiger partial charge in [0, 0.05) is 26.7 Å². The number of carbonyl (C=O) groups is 1. The van der Waals surface area contributed by atoms with E-state index in [0.29, 0.717) is 23.3 Å². The number of nitrogens with zero attached hydrogens (tertiary/aromatic N) is 3. The van der Waals surface area contributed by atoms with Gasteiger partial charge < -0.3 is 16.0 Å². The fourth-order valence-corrected chi connectivity index (χ4v) is 3.13. The standard InChI is InChI=1S/C13H23N5OS/c1-9(18-6-4-5-7-18)8-15-12(19)10-11(14)16-13(20-10)17(2)3/h9H,4-8,14H2,1-3H3,(H,15,19). The number of aromatic nitrogens is 1. The lowest BCUT2D eigenvalue weighted by atomic mass is 10.3. The van der Waals surface area contributed by atoms with Crippen molar-refractivity contribution in [2.24, 2.45) is 0 Å². The third-order valence-corrected chi connectivity index (χ3v) is 4.79. The summed E-state index contributed by atoms with van der Waals surface area (Å²) in [6.07, 6.45) is 2.51. The summed E-state index contributed by atoms with van der Waals surface area (Å²) < 4.78 is 0. The van der Waals surface area contributed by atoms with Gasteiger partial charge in [0.15, 0.2) is 5.13 Å². The number of amides is 1. The Labute approximate surface area is 124 Å². The van der Waals surface area contributed by atoms with Crippen LogP contribution in [0.1, 0.15) is 29.4 Å². The second kappa shape index (κ2) is 6.41. The van der Waals surface area contributed by atoms with E-state index in [0.717, 1.165) is 18.2 Å². The number of hydrogen-bond acceptors (Lipinski definition) is 6. The van der Waals surface area contributed by atoms with Gasteiger partial charge in [-0.1, -0.05) is 11.3 Å². The van der Waals surface area contributed by atoms with E-state index < -0.39 is 0 Å². The van der Waals surface area contributed by atoms with Crippen molar-refractivity contribution < 1.29 is 4.79 Å². The molecule has 1 aliphatic rings. The van der Waals surface area contributed by atoms with Crippen LogP contribution in [0.3, 0.4) is 0 Å². The third kappa shape index (κ3) is 3.40. The Balaban J connectivity index is 1.91. The van der Waals surface area contributed by atoms with E-state index in [1.165, 1.54) is 24.2 Å². The summed E-state index contributed by atoms with van der Waals surface area (Å²) in [6.45, 7) is 5.05. The molecule has 1 saturated heterocycles. The number of likely N-dealkylation sites (tertiary alicyclic amines) is 1. The average Bonchev–Trinajstić information content (AvgIpc) is 3.04. The molecule has 1 unspecified atom stereocenters. The van der Waals surface area contributed by atoms with E-state index in [1.807, 2.05) is 19.0 Å². The molecule has 3 N–H and O–H groups in total. The first-order chi connectivity index (χ1) is 9.49. The molecule has 0 spiro atoms. The van der Waals surface area contributed by atoms with Crippen molar-refractivity contribution in [2.45, 2.75) is 25.8 Å². The van der Waals surface area contributed by atoms with Crippen molar-refractivity contribution in [3.63, 3.8) is 0 Å². The highest BCUT2D eigenvalue weighted by Crippen LogP contribution is 2.26. The third-order valence-electron chi connectivity index (χ3n) is 3.55. The molecular weight excluding hydrogens is 274 g/mol. The summed E-state index contributed by atoms with van der Waals surface area (Å²) in [4.78, 5) is 21.1. The Morgan fingerprint density at radius 1 is 1.50 bits per heavy atom. The molecule has 0 aromatic carbocycles. The van der Waals surface area contributed by atoms with Crippen molar-refractivity contribution in [1.29, 1.82) is 0 Å². The number of nitrogens with two attached hydrogens (primary N) is 1. The predicted molar refractivity (Wildman–Crippen MR) is 83.5 cm³/mol. The average molecular weight is 297 g/mol. The SMILES string of the molecule is CC(CNC(=O)c1sc(N(C)C)nc1N)N1CCCC1. The first kappa shape index (κ1) is 15.1. The van der Waals surface area contributed by atoms with Crippen LogP contribution in [0, 0.1) is 0 Å². The number of anilines is 2. The van der Waals surface area contributed by atoms with Gasteiger partial charge in [-0.15, -0.1) is 0 Å². The Morgan fingerprint density at radius 3 is 2.70 bits per heavy atom. The molecule has 7 heteroatoms. The molecule has 2 heterocycles. The summed E-state index contributed by atoms with van der Waals surface area (Å²) in [6, 6.07) is 0.365. The maximum absolute atomic E-state index is 12.2. The molecule has 0 saturated carbocycles. The molecule has 1 amide bonds. The van der Waals surface area contributed by atoms with Crippen LogP contribution in [0.5, 0.6) is 0 Å². The predicted octanol–water partition coefficient (Wildman–Crippen LogP) is 1.01. The van der Waals surface area contributed by atoms with Gasteiger partial charge in [0.1, 0.15) is 10.7 Å². The monoisotopic (exact) mass is 297 g/mol. The molecule has 6 nitrogen and oxygen atoms in total. The van der Waals surface area contributed by atoms with Crippen LogP contribution in [0.4, 0.5) is 10.9 Å². The van der Waals surface area contributed by atoms with Crippen LogP contribution in [0.2, 0.25) is 0 Å². The second-order valence-electron chi connectivity index (χ2n) is 5.41. The number of carbonyl (C=O) groups excluding carboxylic acids is 1. The molecule has 0 aliphatic carbocycles. The van der Waals surface area contributed by atoms with Crippen LogP contribution in [0.25, 0.3) is 0 Å². The summed E-state index contributed by atoms with van der Waals surface area (Å²) in [5, 5.41) is 3.71. The Hall–Kier alpha value is -1.34. The van der Waals surface area contributed by atoms with Gasteiger partial charge in [-0.3, -0.25) is 9.69 Å². The van der Waals surface area contributed by atoms with Gasteiger partial charge in [0.25, 0.3) is 5.91 Å². The first-order valence-electron chi connectivity index (χ1n) is 6.95. The van der Waals surface area contributed by atoms with Crippen LogP contribution in [-0.4, -0.2) is 55.6 Å². The van der Waals surface area contributed by atoms with Gasteiger partial charge in [-0.05, 0) is 32.9 Å². The molecule has 1 fully saturated rings. The maximum atomic E-state index is 12.2. The van der Waals surface area contributed by atoms with Crippen molar-refractivity contribution in [1.82, 2.24) is 15.2 Å². The quantitative estimate of drug-likeness (QED) is 0.848. The zero-order valence-electron chi connectivity index (χ0n) is 12.3. The van der Waals surface area contributed by atoms with E-state index in [2.05, 4.69) is 22.1 Å². The highest BCUT2D eigenvalue weighted by molar-refractivity contribution is 7.18. The fraction of sp³-hybridized carbons (Fsp3) is 0.692. The Morgan fingerprint density at radius 2 is 2.15 bits per heavy atom. The first-order valence-corrected chi connectivity index (χ1v) is 7.76. The smallest absolute Gasteiger partial charge is 0.265 e. The van der Waals surface area contributed by atoms with Crippen LogP contribution in [0.15, 0.2) is 0 Å². The maximum Gasteiger partial charge on any atom is 0.265 e.